The predicted octanol–water partition coefficient (Wildman–Crippen LogP) is 2.68. The van der Waals surface area contributed by atoms with Gasteiger partial charge in [-0.2, -0.15) is 0 Å². The van der Waals surface area contributed by atoms with E-state index in [9.17, 15) is 14.0 Å². The first kappa shape index (κ1) is 17.6. The summed E-state index contributed by atoms with van der Waals surface area (Å²) in [5.41, 5.74) is 2.48. The molecule has 0 radical (unpaired) electrons. The van der Waals surface area contributed by atoms with Crippen LogP contribution in [0.3, 0.4) is 0 Å². The maximum atomic E-state index is 12.9. The highest BCUT2D eigenvalue weighted by molar-refractivity contribution is 6.11. The Hall–Kier alpha value is -3.22. The number of guanidine groups is 1. The van der Waals surface area contributed by atoms with Crippen molar-refractivity contribution in [2.24, 2.45) is 4.99 Å². The number of amides is 2. The molecule has 1 atom stereocenters. The summed E-state index contributed by atoms with van der Waals surface area (Å²) >= 11 is 0. The van der Waals surface area contributed by atoms with Crippen molar-refractivity contribution < 1.29 is 14.0 Å². The van der Waals surface area contributed by atoms with Gasteiger partial charge in [-0.1, -0.05) is 19.1 Å². The predicted molar refractivity (Wildman–Crippen MR) is 98.5 cm³/mol. The number of carbonyl (C=O) groups is 2. The van der Waals surface area contributed by atoms with Crippen molar-refractivity contribution >= 4 is 29.1 Å². The first-order valence-corrected chi connectivity index (χ1v) is 8.33. The van der Waals surface area contributed by atoms with E-state index in [2.05, 4.69) is 27.9 Å². The molecule has 0 saturated carbocycles. The molecule has 1 heterocycles. The van der Waals surface area contributed by atoms with Crippen molar-refractivity contribution in [2.75, 3.05) is 10.6 Å². The highest BCUT2D eigenvalue weighted by Crippen LogP contribution is 2.14. The minimum Gasteiger partial charge on any atom is -0.326 e. The number of aryl methyl sites for hydroxylation is 1. The molecule has 1 aliphatic rings. The van der Waals surface area contributed by atoms with Crippen molar-refractivity contribution in [1.82, 2.24) is 5.32 Å². The number of nitrogens with zero attached hydrogens (tertiary/aromatic N) is 1. The Balaban J connectivity index is 1.58. The fourth-order valence-electron chi connectivity index (χ4n) is 2.53. The van der Waals surface area contributed by atoms with Crippen molar-refractivity contribution in [3.63, 3.8) is 0 Å². The minimum absolute atomic E-state index is 0.0941. The van der Waals surface area contributed by atoms with E-state index in [0.717, 1.165) is 12.1 Å². The number of benzene rings is 2. The van der Waals surface area contributed by atoms with Crippen molar-refractivity contribution in [3.8, 4) is 0 Å². The molecule has 3 N–H and O–H groups in total. The zero-order valence-electron chi connectivity index (χ0n) is 14.3. The van der Waals surface area contributed by atoms with Gasteiger partial charge in [0.05, 0.1) is 6.42 Å². The van der Waals surface area contributed by atoms with Crippen LogP contribution >= 0.6 is 0 Å². The summed E-state index contributed by atoms with van der Waals surface area (Å²) in [6.07, 6.45) is 0.854. The molecule has 0 unspecified atom stereocenters. The van der Waals surface area contributed by atoms with Gasteiger partial charge in [-0.05, 0) is 48.4 Å². The van der Waals surface area contributed by atoms with Gasteiger partial charge in [0.1, 0.15) is 11.9 Å². The summed E-state index contributed by atoms with van der Waals surface area (Å²) in [4.78, 5) is 28.3. The summed E-state index contributed by atoms with van der Waals surface area (Å²) < 4.78 is 12.9. The van der Waals surface area contributed by atoms with Gasteiger partial charge < -0.3 is 10.6 Å². The molecule has 134 valence electrons. The Bertz CT molecular complexity index is 832. The molecule has 26 heavy (non-hydrogen) atoms. The van der Waals surface area contributed by atoms with Crippen LogP contribution in [-0.2, 0) is 16.0 Å². The molecular weight excluding hydrogens is 335 g/mol. The monoisotopic (exact) mass is 354 g/mol. The SMILES string of the molecule is CCc1ccc(NC2=N[C@@H](CC(=O)Nc3ccc(F)cc3)C(=O)N2)cc1. The Morgan fingerprint density at radius 1 is 1.12 bits per heavy atom. The largest absolute Gasteiger partial charge is 0.326 e. The Kier molecular flexibility index (Phi) is 5.26. The number of anilines is 2. The van der Waals surface area contributed by atoms with Gasteiger partial charge in [0.15, 0.2) is 0 Å². The van der Waals surface area contributed by atoms with Gasteiger partial charge in [0.25, 0.3) is 5.91 Å². The molecule has 0 aliphatic carbocycles. The van der Waals surface area contributed by atoms with Crippen LogP contribution in [0.25, 0.3) is 0 Å². The summed E-state index contributed by atoms with van der Waals surface area (Å²) in [5.74, 6) is -0.773. The molecule has 2 aromatic rings. The average Bonchev–Trinajstić information content (AvgIpc) is 2.96. The summed E-state index contributed by atoms with van der Waals surface area (Å²) in [7, 11) is 0. The number of hydrogen-bond acceptors (Lipinski definition) is 4. The molecule has 1 aliphatic heterocycles. The van der Waals surface area contributed by atoms with E-state index in [0.29, 0.717) is 11.6 Å². The number of hydrogen-bond donors (Lipinski definition) is 3. The molecular formula is C19H19FN4O2. The number of rotatable bonds is 5. The number of halogens is 1. The van der Waals surface area contributed by atoms with Crippen molar-refractivity contribution in [2.45, 2.75) is 25.8 Å². The summed E-state index contributed by atoms with van der Waals surface area (Å²) in [5, 5.41) is 8.27. The lowest BCUT2D eigenvalue weighted by molar-refractivity contribution is -0.123. The van der Waals surface area contributed by atoms with E-state index in [1.807, 2.05) is 24.3 Å². The van der Waals surface area contributed by atoms with Crippen LogP contribution in [0.1, 0.15) is 18.9 Å². The van der Waals surface area contributed by atoms with Gasteiger partial charge in [-0.15, -0.1) is 0 Å². The molecule has 0 spiro atoms. The van der Waals surface area contributed by atoms with E-state index < -0.39 is 6.04 Å². The molecule has 6 nitrogen and oxygen atoms in total. The number of aliphatic imine (C=N–C) groups is 1. The van der Waals surface area contributed by atoms with Gasteiger partial charge in [-0.25, -0.2) is 9.38 Å². The molecule has 2 aromatic carbocycles. The second-order valence-electron chi connectivity index (χ2n) is 5.92. The fourth-order valence-corrected chi connectivity index (χ4v) is 2.53. The van der Waals surface area contributed by atoms with E-state index in [1.54, 1.807) is 0 Å². The zero-order chi connectivity index (χ0) is 18.5. The van der Waals surface area contributed by atoms with Gasteiger partial charge in [0.2, 0.25) is 11.9 Å². The molecule has 2 amide bonds. The average molecular weight is 354 g/mol. The second-order valence-corrected chi connectivity index (χ2v) is 5.92. The third-order valence-electron chi connectivity index (χ3n) is 3.96. The van der Waals surface area contributed by atoms with Crippen LogP contribution in [0.2, 0.25) is 0 Å². The number of nitrogens with one attached hydrogen (secondary N) is 3. The molecule has 0 bridgehead atoms. The smallest absolute Gasteiger partial charge is 0.252 e. The van der Waals surface area contributed by atoms with Gasteiger partial charge in [0, 0.05) is 11.4 Å². The molecule has 0 aromatic heterocycles. The summed E-state index contributed by atoms with van der Waals surface area (Å²) in [6, 6.07) is 12.4. The van der Waals surface area contributed by atoms with Crippen LogP contribution in [0.5, 0.6) is 0 Å². The van der Waals surface area contributed by atoms with Gasteiger partial charge in [-0.3, -0.25) is 14.9 Å². The second kappa shape index (κ2) is 7.77. The highest BCUT2D eigenvalue weighted by atomic mass is 19.1. The lowest BCUT2D eigenvalue weighted by Gasteiger charge is -2.06. The lowest BCUT2D eigenvalue weighted by Crippen LogP contribution is -2.33. The quantitative estimate of drug-likeness (QED) is 0.772. The van der Waals surface area contributed by atoms with Gasteiger partial charge >= 0.3 is 0 Å². The van der Waals surface area contributed by atoms with Crippen LogP contribution in [0, 0.1) is 5.82 Å². The maximum Gasteiger partial charge on any atom is 0.252 e. The molecule has 7 heteroatoms. The fraction of sp³-hybridized carbons (Fsp3) is 0.211. The first-order valence-electron chi connectivity index (χ1n) is 8.33. The van der Waals surface area contributed by atoms with E-state index in [4.69, 9.17) is 0 Å². The normalized spacial score (nSPS) is 16.0. The van der Waals surface area contributed by atoms with Crippen LogP contribution in [0.15, 0.2) is 53.5 Å². The van der Waals surface area contributed by atoms with Crippen molar-refractivity contribution in [1.29, 1.82) is 0 Å². The first-order chi connectivity index (χ1) is 12.5. The van der Waals surface area contributed by atoms with E-state index >= 15 is 0 Å². The van der Waals surface area contributed by atoms with Crippen LogP contribution in [-0.4, -0.2) is 23.8 Å². The minimum atomic E-state index is -0.798. The molecule has 0 fully saturated rings. The van der Waals surface area contributed by atoms with Crippen LogP contribution < -0.4 is 16.0 Å². The number of carbonyl (C=O) groups excluding carboxylic acids is 2. The highest BCUT2D eigenvalue weighted by Gasteiger charge is 2.28. The zero-order valence-corrected chi connectivity index (χ0v) is 14.3. The standard InChI is InChI=1S/C19H19FN4O2/c1-2-12-3-7-15(8-4-12)22-19-23-16(18(26)24-19)11-17(25)21-14-9-5-13(20)6-10-14/h3-10,16H,2,11H2,1H3,(H,21,25)(H2,22,23,24,26)/t16-/m0/s1. The Labute approximate surface area is 150 Å². The summed E-state index contributed by atoms with van der Waals surface area (Å²) in [6.45, 7) is 2.07. The van der Waals surface area contributed by atoms with E-state index in [1.165, 1.54) is 29.8 Å². The van der Waals surface area contributed by atoms with Crippen molar-refractivity contribution in [3.05, 3.63) is 59.9 Å². The lowest BCUT2D eigenvalue weighted by atomic mass is 10.1. The molecule has 3 rings (SSSR count). The third kappa shape index (κ3) is 4.44. The topological polar surface area (TPSA) is 82.6 Å². The van der Waals surface area contributed by atoms with Crippen LogP contribution in [0.4, 0.5) is 15.8 Å². The Morgan fingerprint density at radius 2 is 1.77 bits per heavy atom. The Morgan fingerprint density at radius 3 is 2.42 bits per heavy atom. The molecule has 0 saturated heterocycles. The van der Waals surface area contributed by atoms with E-state index in [-0.39, 0.29) is 24.1 Å². The third-order valence-corrected chi connectivity index (χ3v) is 3.96. The maximum absolute atomic E-state index is 12.9.